The third kappa shape index (κ3) is 4.53. The van der Waals surface area contributed by atoms with Crippen molar-refractivity contribution in [2.75, 3.05) is 0 Å². The number of pyridine rings is 1. The second-order valence-electron chi connectivity index (χ2n) is 5.68. The molecule has 27 heavy (non-hydrogen) atoms. The van der Waals surface area contributed by atoms with Gasteiger partial charge in [0.15, 0.2) is 11.5 Å². The highest BCUT2D eigenvalue weighted by Gasteiger charge is 2.16. The Morgan fingerprint density at radius 2 is 1.48 bits per heavy atom. The minimum Gasteiger partial charge on any atom is -0.507 e. The van der Waals surface area contributed by atoms with E-state index in [0.29, 0.717) is 11.4 Å². The van der Waals surface area contributed by atoms with Crippen LogP contribution in [0.5, 0.6) is 5.75 Å². The van der Waals surface area contributed by atoms with Crippen LogP contribution in [0.2, 0.25) is 0 Å². The molecule has 0 aliphatic rings. The molecule has 2 aromatic carbocycles. The lowest BCUT2D eigenvalue weighted by molar-refractivity contribution is 0.477. The quantitative estimate of drug-likeness (QED) is 0.460. The summed E-state index contributed by atoms with van der Waals surface area (Å²) in [4.78, 5) is 9.11. The monoisotopic (exact) mass is 361 g/mol. The minimum absolute atomic E-state index is 0.204. The zero-order valence-corrected chi connectivity index (χ0v) is 16.4. The van der Waals surface area contributed by atoms with Crippen LogP contribution in [0, 0.1) is 0 Å². The molecule has 4 heteroatoms. The molecule has 0 saturated carbocycles. The maximum atomic E-state index is 10.2. The van der Waals surface area contributed by atoms with Crippen LogP contribution in [-0.2, 0) is 0 Å². The van der Waals surface area contributed by atoms with Crippen LogP contribution >= 0.6 is 0 Å². The number of hydrogen-bond donors (Lipinski definition) is 1. The molecular weight excluding hydrogens is 334 g/mol. The van der Waals surface area contributed by atoms with E-state index in [4.69, 9.17) is 0 Å². The summed E-state index contributed by atoms with van der Waals surface area (Å²) in [5, 5.41) is 10.2. The van der Waals surface area contributed by atoms with Crippen LogP contribution in [-0.4, -0.2) is 19.6 Å². The van der Waals surface area contributed by atoms with Crippen molar-refractivity contribution in [1.82, 2.24) is 14.5 Å². The number of phenolic OH excluding ortho intramolecular Hbond substituents is 1. The van der Waals surface area contributed by atoms with E-state index < -0.39 is 0 Å². The predicted octanol–water partition coefficient (Wildman–Crippen LogP) is 6.24. The van der Waals surface area contributed by atoms with Crippen molar-refractivity contribution >= 4 is 11.2 Å². The molecule has 4 aromatic rings. The first kappa shape index (κ1) is 20.2. The predicted molar refractivity (Wildman–Crippen MR) is 113 cm³/mol. The Hall–Kier alpha value is -3.14. The fraction of sp³-hybridized carbons (Fsp3) is 0.217. The van der Waals surface area contributed by atoms with Crippen LogP contribution in [0.4, 0.5) is 0 Å². The fourth-order valence-electron chi connectivity index (χ4n) is 2.58. The lowest BCUT2D eigenvalue weighted by Gasteiger charge is -2.09. The second kappa shape index (κ2) is 10.1. The van der Waals surface area contributed by atoms with Gasteiger partial charge in [0, 0.05) is 11.9 Å². The van der Waals surface area contributed by atoms with Crippen LogP contribution < -0.4 is 0 Å². The summed E-state index contributed by atoms with van der Waals surface area (Å²) < 4.78 is 1.96. The first-order valence-electron chi connectivity index (χ1n) is 9.43. The number of imidazole rings is 1. The van der Waals surface area contributed by atoms with Gasteiger partial charge in [0.25, 0.3) is 0 Å². The van der Waals surface area contributed by atoms with E-state index in [-0.39, 0.29) is 5.75 Å². The molecule has 0 saturated heterocycles. The number of phenols is 1. The Kier molecular flexibility index (Phi) is 7.56. The third-order valence-corrected chi connectivity index (χ3v) is 3.58. The van der Waals surface area contributed by atoms with E-state index in [0.717, 1.165) is 16.9 Å². The highest BCUT2D eigenvalue weighted by Crippen LogP contribution is 2.32. The Balaban J connectivity index is 0.000000478. The van der Waals surface area contributed by atoms with Crippen molar-refractivity contribution in [2.45, 2.75) is 34.1 Å². The maximum absolute atomic E-state index is 10.2. The number of aromatic nitrogens is 3. The normalized spacial score (nSPS) is 9.78. The van der Waals surface area contributed by atoms with E-state index in [1.807, 2.05) is 73.0 Å². The average Bonchev–Trinajstić information content (AvgIpc) is 3.10. The number of aromatic hydroxyl groups is 1. The summed E-state index contributed by atoms with van der Waals surface area (Å²) in [6, 6.07) is 20.9. The van der Waals surface area contributed by atoms with Crippen molar-refractivity contribution < 1.29 is 5.11 Å². The highest BCUT2D eigenvalue weighted by molar-refractivity contribution is 5.81. The summed E-state index contributed by atoms with van der Waals surface area (Å²) in [5.74, 6) is 0.882. The smallest absolute Gasteiger partial charge is 0.164 e. The van der Waals surface area contributed by atoms with Crippen molar-refractivity contribution in [3.63, 3.8) is 0 Å². The number of para-hydroxylation sites is 2. The van der Waals surface area contributed by atoms with E-state index in [2.05, 4.69) is 23.8 Å². The molecule has 140 valence electrons. The number of hydrogen-bond acceptors (Lipinski definition) is 3. The van der Waals surface area contributed by atoms with Gasteiger partial charge in [0.1, 0.15) is 11.3 Å². The van der Waals surface area contributed by atoms with E-state index in [1.165, 1.54) is 6.42 Å². The Morgan fingerprint density at radius 3 is 2.15 bits per heavy atom. The molecule has 0 spiro atoms. The molecule has 2 aromatic heterocycles. The third-order valence-electron chi connectivity index (χ3n) is 3.58. The molecule has 0 amide bonds. The Labute approximate surface area is 161 Å². The molecule has 0 aliphatic carbocycles. The first-order chi connectivity index (χ1) is 13.3. The molecular formula is C23H27N3O. The molecule has 0 unspecified atom stereocenters. The number of benzene rings is 2. The Morgan fingerprint density at radius 1 is 0.852 bits per heavy atom. The number of rotatable bonds is 2. The van der Waals surface area contributed by atoms with Crippen LogP contribution in [0.15, 0.2) is 72.9 Å². The van der Waals surface area contributed by atoms with Gasteiger partial charge < -0.3 is 5.11 Å². The molecule has 0 atom stereocenters. The molecule has 4 nitrogen and oxygen atoms in total. The van der Waals surface area contributed by atoms with Crippen molar-refractivity contribution in [3.05, 3.63) is 72.9 Å². The average molecular weight is 361 g/mol. The summed E-state index contributed by atoms with van der Waals surface area (Å²) >= 11 is 0. The number of fused-ring (bicyclic) bond motifs is 1. The summed E-state index contributed by atoms with van der Waals surface area (Å²) in [7, 11) is 0. The lowest BCUT2D eigenvalue weighted by atomic mass is 10.2. The van der Waals surface area contributed by atoms with Gasteiger partial charge in [0.2, 0.25) is 0 Å². The molecule has 0 aliphatic heterocycles. The van der Waals surface area contributed by atoms with Crippen LogP contribution in [0.1, 0.15) is 34.1 Å². The number of nitrogens with zero attached hydrogens (tertiary/aromatic N) is 3. The molecule has 2 heterocycles. The lowest BCUT2D eigenvalue weighted by Crippen LogP contribution is -1.98. The Bertz CT molecular complexity index is 962. The minimum atomic E-state index is 0.204. The largest absolute Gasteiger partial charge is 0.507 e. The molecule has 0 radical (unpaired) electrons. The van der Waals surface area contributed by atoms with Crippen LogP contribution in [0.25, 0.3) is 28.2 Å². The van der Waals surface area contributed by atoms with Crippen LogP contribution in [0.3, 0.4) is 0 Å². The first-order valence-corrected chi connectivity index (χ1v) is 9.43. The van der Waals surface area contributed by atoms with Gasteiger partial charge in [-0.05, 0) is 36.4 Å². The second-order valence-corrected chi connectivity index (χ2v) is 5.68. The van der Waals surface area contributed by atoms with Gasteiger partial charge in [-0.2, -0.15) is 0 Å². The van der Waals surface area contributed by atoms with Crippen molar-refractivity contribution in [3.8, 4) is 22.8 Å². The molecule has 1 N–H and O–H groups in total. The summed E-state index contributed by atoms with van der Waals surface area (Å²) in [6.45, 7) is 8.25. The zero-order valence-electron chi connectivity index (χ0n) is 16.4. The summed E-state index contributed by atoms with van der Waals surface area (Å²) in [5.41, 5.74) is 3.21. The van der Waals surface area contributed by atoms with E-state index in [1.54, 1.807) is 18.3 Å². The topological polar surface area (TPSA) is 50.9 Å². The standard InChI is InChI=1S/C18H13N3O.C3H8.C2H6/c22-16-11-5-4-9-14(16)17-20-15-10-6-12-19-18(15)21(17)13-7-2-1-3-8-13;1-3-2;1-2/h1-12,22H;3H2,1-2H3;1-2H3. The van der Waals surface area contributed by atoms with Gasteiger partial charge in [-0.3, -0.25) is 4.57 Å². The van der Waals surface area contributed by atoms with Crippen molar-refractivity contribution in [2.24, 2.45) is 0 Å². The van der Waals surface area contributed by atoms with Gasteiger partial charge in [0.05, 0.1) is 5.56 Å². The SMILES string of the molecule is CC.CCC.Oc1ccccc1-c1nc2cccnc2n1-c1ccccc1. The molecule has 4 rings (SSSR count). The maximum Gasteiger partial charge on any atom is 0.164 e. The molecule has 0 bridgehead atoms. The zero-order chi connectivity index (χ0) is 19.6. The van der Waals surface area contributed by atoms with Gasteiger partial charge in [-0.15, -0.1) is 0 Å². The van der Waals surface area contributed by atoms with E-state index in [9.17, 15) is 5.11 Å². The van der Waals surface area contributed by atoms with Gasteiger partial charge in [-0.25, -0.2) is 9.97 Å². The van der Waals surface area contributed by atoms with Gasteiger partial charge in [-0.1, -0.05) is 64.4 Å². The van der Waals surface area contributed by atoms with Crippen molar-refractivity contribution in [1.29, 1.82) is 0 Å². The van der Waals surface area contributed by atoms with Gasteiger partial charge >= 0.3 is 0 Å². The molecule has 0 fully saturated rings. The summed E-state index contributed by atoms with van der Waals surface area (Å²) in [6.07, 6.45) is 3.00. The van der Waals surface area contributed by atoms with E-state index >= 15 is 0 Å². The highest BCUT2D eigenvalue weighted by atomic mass is 16.3. The fourth-order valence-corrected chi connectivity index (χ4v) is 2.58.